The fourth-order valence-electron chi connectivity index (χ4n) is 2.05. The second-order valence-corrected chi connectivity index (χ2v) is 4.32. The molecule has 1 fully saturated rings. The monoisotopic (exact) mass is 220 g/mol. The third-order valence-corrected chi connectivity index (χ3v) is 2.99. The van der Waals surface area contributed by atoms with Crippen LogP contribution in [0.3, 0.4) is 0 Å². The summed E-state index contributed by atoms with van der Waals surface area (Å²) in [6.45, 7) is 5.07. The summed E-state index contributed by atoms with van der Waals surface area (Å²) in [5.74, 6) is 0. The molecule has 0 saturated carbocycles. The molecule has 3 heteroatoms. The van der Waals surface area contributed by atoms with Crippen molar-refractivity contribution in [1.29, 1.82) is 0 Å². The second-order valence-electron chi connectivity index (χ2n) is 4.32. The summed E-state index contributed by atoms with van der Waals surface area (Å²) in [4.78, 5) is 6.56. The summed E-state index contributed by atoms with van der Waals surface area (Å²) in [7, 11) is 0. The second kappa shape index (κ2) is 6.61. The Hall–Kier alpha value is -0.930. The van der Waals surface area contributed by atoms with Crippen molar-refractivity contribution >= 4 is 0 Å². The molecule has 3 nitrogen and oxygen atoms in total. The maximum absolute atomic E-state index is 5.64. The van der Waals surface area contributed by atoms with Gasteiger partial charge in [0, 0.05) is 18.9 Å². The van der Waals surface area contributed by atoms with Crippen LogP contribution < -0.4 is 0 Å². The maximum atomic E-state index is 5.64. The van der Waals surface area contributed by atoms with Crippen molar-refractivity contribution in [1.82, 2.24) is 9.88 Å². The van der Waals surface area contributed by atoms with Gasteiger partial charge in [0.1, 0.15) is 0 Å². The number of likely N-dealkylation sites (tertiary alicyclic amines) is 1. The van der Waals surface area contributed by atoms with E-state index in [0.29, 0.717) is 6.61 Å². The quantitative estimate of drug-likeness (QED) is 0.710. The number of hydrogen-bond donors (Lipinski definition) is 0. The van der Waals surface area contributed by atoms with Crippen LogP contribution in [0.1, 0.15) is 24.8 Å². The Morgan fingerprint density at radius 1 is 1.25 bits per heavy atom. The number of aromatic nitrogens is 1. The van der Waals surface area contributed by atoms with Crippen molar-refractivity contribution in [2.75, 3.05) is 26.2 Å². The Balaban J connectivity index is 1.58. The molecule has 88 valence electrons. The Morgan fingerprint density at radius 2 is 2.12 bits per heavy atom. The minimum atomic E-state index is 0.682. The van der Waals surface area contributed by atoms with Crippen LogP contribution >= 0.6 is 0 Å². The van der Waals surface area contributed by atoms with E-state index in [1.165, 1.54) is 32.4 Å². The highest BCUT2D eigenvalue weighted by molar-refractivity contribution is 5.06. The van der Waals surface area contributed by atoms with E-state index in [2.05, 4.69) is 9.88 Å². The number of piperidine rings is 1. The number of ether oxygens (including phenoxy) is 1. The molecule has 1 aliphatic heterocycles. The van der Waals surface area contributed by atoms with Crippen LogP contribution in [0.25, 0.3) is 0 Å². The lowest BCUT2D eigenvalue weighted by molar-refractivity contribution is 0.0862. The third-order valence-electron chi connectivity index (χ3n) is 2.99. The summed E-state index contributed by atoms with van der Waals surface area (Å²) in [5, 5.41) is 0. The minimum Gasteiger partial charge on any atom is -0.375 e. The standard InChI is InChI=1S/C13H20N2O/c1-2-7-15(8-3-1)9-10-16-12-13-5-4-6-14-11-13/h4-6,11H,1-3,7-10,12H2. The van der Waals surface area contributed by atoms with E-state index in [4.69, 9.17) is 4.74 Å². The molecule has 0 bridgehead atoms. The molecule has 0 radical (unpaired) electrons. The predicted molar refractivity (Wildman–Crippen MR) is 64.2 cm³/mol. The molecule has 16 heavy (non-hydrogen) atoms. The maximum Gasteiger partial charge on any atom is 0.0732 e. The Morgan fingerprint density at radius 3 is 2.88 bits per heavy atom. The molecule has 1 aliphatic rings. The fourth-order valence-corrected chi connectivity index (χ4v) is 2.05. The third kappa shape index (κ3) is 3.91. The lowest BCUT2D eigenvalue weighted by Gasteiger charge is -2.26. The lowest BCUT2D eigenvalue weighted by atomic mass is 10.1. The van der Waals surface area contributed by atoms with Crippen LogP contribution in [0, 0.1) is 0 Å². The summed E-state index contributed by atoms with van der Waals surface area (Å²) in [5.41, 5.74) is 1.15. The molecule has 2 rings (SSSR count). The Kier molecular flexibility index (Phi) is 4.77. The van der Waals surface area contributed by atoms with Gasteiger partial charge in [0.2, 0.25) is 0 Å². The normalized spacial score (nSPS) is 17.5. The van der Waals surface area contributed by atoms with Crippen LogP contribution in [0.15, 0.2) is 24.5 Å². The fraction of sp³-hybridized carbons (Fsp3) is 0.615. The number of rotatable bonds is 5. The first-order valence-electron chi connectivity index (χ1n) is 6.14. The molecule has 0 N–H and O–H groups in total. The molecule has 0 aliphatic carbocycles. The van der Waals surface area contributed by atoms with Gasteiger partial charge in [-0.25, -0.2) is 0 Å². The summed E-state index contributed by atoms with van der Waals surface area (Å²) in [6, 6.07) is 4.00. The van der Waals surface area contributed by atoms with Crippen molar-refractivity contribution in [3.63, 3.8) is 0 Å². The Bertz CT molecular complexity index is 283. The zero-order valence-corrected chi connectivity index (χ0v) is 9.77. The van der Waals surface area contributed by atoms with Gasteiger partial charge in [0.05, 0.1) is 13.2 Å². The molecular formula is C13H20N2O. The number of nitrogens with zero attached hydrogens (tertiary/aromatic N) is 2. The van der Waals surface area contributed by atoms with E-state index >= 15 is 0 Å². The summed E-state index contributed by atoms with van der Waals surface area (Å²) < 4.78 is 5.64. The van der Waals surface area contributed by atoms with E-state index in [0.717, 1.165) is 18.7 Å². The van der Waals surface area contributed by atoms with Crippen LogP contribution in [0.2, 0.25) is 0 Å². The average molecular weight is 220 g/mol. The van der Waals surface area contributed by atoms with E-state index in [1.807, 2.05) is 18.3 Å². The van der Waals surface area contributed by atoms with Crippen molar-refractivity contribution in [3.05, 3.63) is 30.1 Å². The topological polar surface area (TPSA) is 25.4 Å². The van der Waals surface area contributed by atoms with E-state index in [-0.39, 0.29) is 0 Å². The predicted octanol–water partition coefficient (Wildman–Crippen LogP) is 2.08. The molecule has 0 aromatic carbocycles. The minimum absolute atomic E-state index is 0.682. The zero-order chi connectivity index (χ0) is 11.1. The zero-order valence-electron chi connectivity index (χ0n) is 9.77. The van der Waals surface area contributed by atoms with E-state index in [9.17, 15) is 0 Å². The van der Waals surface area contributed by atoms with Gasteiger partial charge in [-0.3, -0.25) is 4.98 Å². The van der Waals surface area contributed by atoms with Crippen molar-refractivity contribution in [2.24, 2.45) is 0 Å². The van der Waals surface area contributed by atoms with Crippen LogP contribution in [-0.4, -0.2) is 36.1 Å². The first-order chi connectivity index (χ1) is 7.95. The first kappa shape index (κ1) is 11.6. The van der Waals surface area contributed by atoms with Gasteiger partial charge in [0.25, 0.3) is 0 Å². The highest BCUT2D eigenvalue weighted by Crippen LogP contribution is 2.08. The van der Waals surface area contributed by atoms with Gasteiger partial charge in [-0.15, -0.1) is 0 Å². The van der Waals surface area contributed by atoms with Gasteiger partial charge < -0.3 is 9.64 Å². The van der Waals surface area contributed by atoms with Crippen LogP contribution in [0.5, 0.6) is 0 Å². The first-order valence-corrected chi connectivity index (χ1v) is 6.14. The van der Waals surface area contributed by atoms with Crippen molar-refractivity contribution in [3.8, 4) is 0 Å². The van der Waals surface area contributed by atoms with Gasteiger partial charge >= 0.3 is 0 Å². The molecular weight excluding hydrogens is 200 g/mol. The molecule has 1 aromatic rings. The lowest BCUT2D eigenvalue weighted by Crippen LogP contribution is -2.32. The average Bonchev–Trinajstić information content (AvgIpc) is 2.37. The van der Waals surface area contributed by atoms with Gasteiger partial charge in [0.15, 0.2) is 0 Å². The highest BCUT2D eigenvalue weighted by atomic mass is 16.5. The number of hydrogen-bond acceptors (Lipinski definition) is 3. The number of pyridine rings is 1. The molecule has 0 amide bonds. The molecule has 2 heterocycles. The molecule has 1 saturated heterocycles. The van der Waals surface area contributed by atoms with Crippen LogP contribution in [-0.2, 0) is 11.3 Å². The summed E-state index contributed by atoms with van der Waals surface area (Å²) >= 11 is 0. The van der Waals surface area contributed by atoms with E-state index < -0.39 is 0 Å². The molecule has 0 spiro atoms. The van der Waals surface area contributed by atoms with Gasteiger partial charge in [-0.2, -0.15) is 0 Å². The Labute approximate surface area is 97.4 Å². The molecule has 0 atom stereocenters. The van der Waals surface area contributed by atoms with Crippen molar-refractivity contribution < 1.29 is 4.74 Å². The van der Waals surface area contributed by atoms with Crippen molar-refractivity contribution in [2.45, 2.75) is 25.9 Å². The molecule has 0 unspecified atom stereocenters. The van der Waals surface area contributed by atoms with E-state index in [1.54, 1.807) is 6.20 Å². The smallest absolute Gasteiger partial charge is 0.0732 e. The molecule has 1 aromatic heterocycles. The van der Waals surface area contributed by atoms with Gasteiger partial charge in [-0.05, 0) is 37.6 Å². The van der Waals surface area contributed by atoms with Gasteiger partial charge in [-0.1, -0.05) is 12.5 Å². The highest BCUT2D eigenvalue weighted by Gasteiger charge is 2.08. The SMILES string of the molecule is c1cncc(COCCN2CCCCC2)c1. The summed E-state index contributed by atoms with van der Waals surface area (Å²) in [6.07, 6.45) is 7.75. The van der Waals surface area contributed by atoms with Crippen LogP contribution in [0.4, 0.5) is 0 Å². The largest absolute Gasteiger partial charge is 0.375 e.